The van der Waals surface area contributed by atoms with Gasteiger partial charge in [0.25, 0.3) is 11.6 Å². The minimum Gasteiger partial charge on any atom is -0.336 e. The number of likely N-dealkylation sites (N-methyl/N-ethyl adjacent to an activating group) is 1. The van der Waals surface area contributed by atoms with E-state index in [2.05, 4.69) is 5.32 Å². The molecule has 1 aliphatic heterocycles. The lowest BCUT2D eigenvalue weighted by Crippen LogP contribution is -2.57. The second-order valence-electron chi connectivity index (χ2n) is 4.15. The SMILES string of the molecule is CN(C(=O)c1cc(Cl)ccc1[N+](=O)[O-])C1CNC1. The standard InChI is InChI=1S/C11H12ClN3O3/c1-14(8-5-13-6-8)11(16)9-4-7(12)2-3-10(9)15(17)18/h2-4,8,13H,5-6H2,1H3. The van der Waals surface area contributed by atoms with Crippen molar-refractivity contribution < 1.29 is 9.72 Å². The highest BCUT2D eigenvalue weighted by atomic mass is 35.5. The van der Waals surface area contributed by atoms with E-state index in [9.17, 15) is 14.9 Å². The van der Waals surface area contributed by atoms with Crippen molar-refractivity contribution in [1.82, 2.24) is 10.2 Å². The van der Waals surface area contributed by atoms with Crippen LogP contribution in [0.1, 0.15) is 10.4 Å². The number of nitrogens with zero attached hydrogens (tertiary/aromatic N) is 2. The predicted molar refractivity (Wildman–Crippen MR) is 66.9 cm³/mol. The molecule has 0 unspecified atom stereocenters. The molecule has 1 aromatic rings. The molecule has 1 saturated heterocycles. The molecule has 1 heterocycles. The summed E-state index contributed by atoms with van der Waals surface area (Å²) in [5, 5.41) is 14.2. The Bertz CT molecular complexity index is 502. The number of hydrogen-bond acceptors (Lipinski definition) is 4. The topological polar surface area (TPSA) is 75.5 Å². The third-order valence-corrected chi connectivity index (χ3v) is 3.25. The zero-order valence-corrected chi connectivity index (χ0v) is 10.5. The Kier molecular flexibility index (Phi) is 3.49. The van der Waals surface area contributed by atoms with Crippen molar-refractivity contribution in [3.05, 3.63) is 38.9 Å². The summed E-state index contributed by atoms with van der Waals surface area (Å²) in [6.07, 6.45) is 0. The summed E-state index contributed by atoms with van der Waals surface area (Å²) in [5.74, 6) is -0.379. The normalized spacial score (nSPS) is 15.0. The molecule has 0 atom stereocenters. The van der Waals surface area contributed by atoms with Gasteiger partial charge in [0.15, 0.2) is 0 Å². The van der Waals surface area contributed by atoms with Crippen molar-refractivity contribution in [3.63, 3.8) is 0 Å². The van der Waals surface area contributed by atoms with Crippen molar-refractivity contribution in [2.24, 2.45) is 0 Å². The third kappa shape index (κ3) is 2.30. The van der Waals surface area contributed by atoms with Gasteiger partial charge in [-0.25, -0.2) is 0 Å². The summed E-state index contributed by atoms with van der Waals surface area (Å²) in [6.45, 7) is 1.41. The van der Waals surface area contributed by atoms with Gasteiger partial charge in [-0.3, -0.25) is 14.9 Å². The Morgan fingerprint density at radius 2 is 2.22 bits per heavy atom. The smallest absolute Gasteiger partial charge is 0.282 e. The Morgan fingerprint density at radius 1 is 1.56 bits per heavy atom. The molecule has 0 radical (unpaired) electrons. The van der Waals surface area contributed by atoms with Gasteiger partial charge in [0.05, 0.1) is 11.0 Å². The number of carbonyl (C=O) groups is 1. The van der Waals surface area contributed by atoms with E-state index in [1.807, 2.05) is 0 Å². The zero-order valence-electron chi connectivity index (χ0n) is 9.72. The Hall–Kier alpha value is -1.66. The monoisotopic (exact) mass is 269 g/mol. The van der Waals surface area contributed by atoms with Crippen molar-refractivity contribution in [2.75, 3.05) is 20.1 Å². The fourth-order valence-corrected chi connectivity index (χ4v) is 1.91. The molecule has 1 aromatic carbocycles. The summed E-state index contributed by atoms with van der Waals surface area (Å²) < 4.78 is 0. The van der Waals surface area contributed by atoms with Crippen LogP contribution in [0.4, 0.5) is 5.69 Å². The van der Waals surface area contributed by atoms with Crippen LogP contribution in [0, 0.1) is 10.1 Å². The zero-order chi connectivity index (χ0) is 13.3. The molecule has 96 valence electrons. The summed E-state index contributed by atoms with van der Waals surface area (Å²) in [4.78, 5) is 24.0. The molecule has 0 saturated carbocycles. The molecule has 1 amide bonds. The molecule has 0 aromatic heterocycles. The minimum atomic E-state index is -0.573. The minimum absolute atomic E-state index is 0.0295. The molecular formula is C11H12ClN3O3. The summed E-state index contributed by atoms with van der Waals surface area (Å²) in [6, 6.07) is 4.07. The van der Waals surface area contributed by atoms with E-state index in [0.29, 0.717) is 18.1 Å². The Morgan fingerprint density at radius 3 is 2.72 bits per heavy atom. The first-order valence-corrected chi connectivity index (χ1v) is 5.80. The average Bonchev–Trinajstić information content (AvgIpc) is 2.25. The lowest BCUT2D eigenvalue weighted by atomic mass is 10.1. The predicted octanol–water partition coefficient (Wildman–Crippen LogP) is 1.29. The first-order chi connectivity index (χ1) is 8.50. The molecule has 7 heteroatoms. The van der Waals surface area contributed by atoms with Crippen LogP contribution in [0.5, 0.6) is 0 Å². The van der Waals surface area contributed by atoms with Crippen LogP contribution >= 0.6 is 11.6 Å². The Balaban J connectivity index is 2.33. The largest absolute Gasteiger partial charge is 0.336 e. The lowest BCUT2D eigenvalue weighted by Gasteiger charge is -2.35. The molecule has 0 aliphatic carbocycles. The van der Waals surface area contributed by atoms with Gasteiger partial charge in [-0.1, -0.05) is 11.6 Å². The van der Waals surface area contributed by atoms with Gasteiger partial charge in [0.2, 0.25) is 0 Å². The highest BCUT2D eigenvalue weighted by Crippen LogP contribution is 2.24. The average molecular weight is 270 g/mol. The van der Waals surface area contributed by atoms with Crippen LogP contribution in [-0.4, -0.2) is 41.9 Å². The highest BCUT2D eigenvalue weighted by molar-refractivity contribution is 6.31. The van der Waals surface area contributed by atoms with Crippen molar-refractivity contribution in [1.29, 1.82) is 0 Å². The molecular weight excluding hydrogens is 258 g/mol. The number of hydrogen-bond donors (Lipinski definition) is 1. The molecule has 1 N–H and O–H groups in total. The molecule has 1 aliphatic rings. The molecule has 6 nitrogen and oxygen atoms in total. The number of nitrogens with one attached hydrogen (secondary N) is 1. The van der Waals surface area contributed by atoms with E-state index >= 15 is 0 Å². The molecule has 2 rings (SSSR count). The maximum Gasteiger partial charge on any atom is 0.282 e. The van der Waals surface area contributed by atoms with Gasteiger partial charge in [0.1, 0.15) is 5.56 Å². The van der Waals surface area contributed by atoms with Gasteiger partial charge in [-0.2, -0.15) is 0 Å². The molecule has 1 fully saturated rings. The van der Waals surface area contributed by atoms with E-state index in [1.165, 1.54) is 23.1 Å². The van der Waals surface area contributed by atoms with Gasteiger partial charge < -0.3 is 10.2 Å². The first-order valence-electron chi connectivity index (χ1n) is 5.42. The first kappa shape index (κ1) is 12.8. The van der Waals surface area contributed by atoms with Crippen molar-refractivity contribution in [2.45, 2.75) is 6.04 Å². The van der Waals surface area contributed by atoms with Crippen LogP contribution in [0.25, 0.3) is 0 Å². The van der Waals surface area contributed by atoms with E-state index in [1.54, 1.807) is 7.05 Å². The van der Waals surface area contributed by atoms with E-state index < -0.39 is 4.92 Å². The van der Waals surface area contributed by atoms with Gasteiger partial charge >= 0.3 is 0 Å². The fourth-order valence-electron chi connectivity index (χ4n) is 1.74. The Labute approximate surface area is 109 Å². The maximum atomic E-state index is 12.2. The van der Waals surface area contributed by atoms with E-state index in [0.717, 1.165) is 0 Å². The van der Waals surface area contributed by atoms with E-state index in [-0.39, 0.29) is 23.2 Å². The number of nitro benzene ring substituents is 1. The number of benzene rings is 1. The second-order valence-corrected chi connectivity index (χ2v) is 4.58. The molecule has 18 heavy (non-hydrogen) atoms. The van der Waals surface area contributed by atoms with Crippen LogP contribution in [-0.2, 0) is 0 Å². The summed E-state index contributed by atoms with van der Waals surface area (Å²) in [7, 11) is 1.64. The number of rotatable bonds is 3. The lowest BCUT2D eigenvalue weighted by molar-refractivity contribution is -0.385. The maximum absolute atomic E-state index is 12.2. The molecule has 0 spiro atoms. The van der Waals surface area contributed by atoms with Crippen LogP contribution in [0.3, 0.4) is 0 Å². The van der Waals surface area contributed by atoms with Gasteiger partial charge in [-0.05, 0) is 12.1 Å². The van der Waals surface area contributed by atoms with Crippen LogP contribution in [0.2, 0.25) is 5.02 Å². The van der Waals surface area contributed by atoms with Gasteiger partial charge in [-0.15, -0.1) is 0 Å². The number of carbonyl (C=O) groups excluding carboxylic acids is 1. The van der Waals surface area contributed by atoms with Gasteiger partial charge in [0, 0.05) is 31.2 Å². The number of amides is 1. The summed E-state index contributed by atoms with van der Waals surface area (Å²) in [5.41, 5.74) is -0.189. The molecule has 0 bridgehead atoms. The highest BCUT2D eigenvalue weighted by Gasteiger charge is 2.30. The van der Waals surface area contributed by atoms with Crippen LogP contribution in [0.15, 0.2) is 18.2 Å². The number of nitro groups is 1. The third-order valence-electron chi connectivity index (χ3n) is 3.01. The number of halogens is 1. The quantitative estimate of drug-likeness (QED) is 0.663. The fraction of sp³-hybridized carbons (Fsp3) is 0.364. The van der Waals surface area contributed by atoms with E-state index in [4.69, 9.17) is 11.6 Å². The van der Waals surface area contributed by atoms with Crippen molar-refractivity contribution >= 4 is 23.2 Å². The second kappa shape index (κ2) is 4.91. The summed E-state index contributed by atoms with van der Waals surface area (Å²) >= 11 is 5.79. The van der Waals surface area contributed by atoms with Crippen molar-refractivity contribution in [3.8, 4) is 0 Å². The van der Waals surface area contributed by atoms with Crippen LogP contribution < -0.4 is 5.32 Å².